The van der Waals surface area contributed by atoms with Crippen molar-refractivity contribution < 1.29 is 5.11 Å². The summed E-state index contributed by atoms with van der Waals surface area (Å²) in [4.78, 5) is 0. The van der Waals surface area contributed by atoms with Crippen LogP contribution in [-0.2, 0) is 18.4 Å². The van der Waals surface area contributed by atoms with E-state index in [1.54, 1.807) is 0 Å². The smallest absolute Gasteiger partial charge is 0.234 e. The maximum absolute atomic E-state index is 9.95. The average molecular weight is 224 g/mol. The van der Waals surface area contributed by atoms with Crippen LogP contribution in [-0.4, -0.2) is 14.9 Å². The molecular formula is C13H24N2O. The van der Waals surface area contributed by atoms with Crippen LogP contribution in [0.5, 0.6) is 5.88 Å². The van der Waals surface area contributed by atoms with E-state index in [1.165, 1.54) is 5.69 Å². The molecule has 1 aromatic rings. The molecule has 0 aromatic carbocycles. The highest BCUT2D eigenvalue weighted by Gasteiger charge is 2.26. The van der Waals surface area contributed by atoms with Crippen molar-refractivity contribution in [2.24, 2.45) is 0 Å². The van der Waals surface area contributed by atoms with Gasteiger partial charge in [0.1, 0.15) is 0 Å². The summed E-state index contributed by atoms with van der Waals surface area (Å²) in [6, 6.07) is 0. The lowest BCUT2D eigenvalue weighted by atomic mass is 9.86. The third-order valence-corrected chi connectivity index (χ3v) is 2.85. The number of aromatic nitrogens is 2. The maximum Gasteiger partial charge on any atom is 0.234 e. The number of hydrogen-bond donors (Lipinski definition) is 1. The lowest BCUT2D eigenvalue weighted by Crippen LogP contribution is -2.14. The molecule has 0 amide bonds. The molecule has 0 saturated heterocycles. The van der Waals surface area contributed by atoms with Crippen LogP contribution in [0.1, 0.15) is 58.7 Å². The van der Waals surface area contributed by atoms with E-state index >= 15 is 0 Å². The first-order valence-corrected chi connectivity index (χ1v) is 6.20. The van der Waals surface area contributed by atoms with Gasteiger partial charge in [-0.3, -0.25) is 4.68 Å². The predicted molar refractivity (Wildman–Crippen MR) is 66.9 cm³/mol. The third kappa shape index (κ3) is 2.57. The molecule has 0 fully saturated rings. The number of unbranched alkanes of at least 4 members (excludes halogenated alkanes) is 1. The second-order valence-electron chi connectivity index (χ2n) is 5.33. The van der Waals surface area contributed by atoms with Gasteiger partial charge in [0.15, 0.2) is 0 Å². The fourth-order valence-corrected chi connectivity index (χ4v) is 2.10. The van der Waals surface area contributed by atoms with Gasteiger partial charge >= 0.3 is 0 Å². The van der Waals surface area contributed by atoms with Crippen LogP contribution in [0, 0.1) is 0 Å². The van der Waals surface area contributed by atoms with Gasteiger partial charge in [-0.15, -0.1) is 5.10 Å². The standard InChI is InChI=1S/C13H24N2O/c1-6-8-9-15-10(7-2)11(12(16)14-15)13(3,4)5/h6-9H2,1-5H3,(H,14,16). The van der Waals surface area contributed by atoms with E-state index in [4.69, 9.17) is 0 Å². The van der Waals surface area contributed by atoms with Gasteiger partial charge < -0.3 is 5.11 Å². The Hall–Kier alpha value is -0.990. The van der Waals surface area contributed by atoms with E-state index in [1.807, 2.05) is 4.68 Å². The molecule has 0 aliphatic heterocycles. The van der Waals surface area contributed by atoms with Crippen LogP contribution in [0.4, 0.5) is 0 Å². The van der Waals surface area contributed by atoms with Crippen molar-refractivity contribution in [3.63, 3.8) is 0 Å². The zero-order valence-electron chi connectivity index (χ0n) is 11.2. The second kappa shape index (κ2) is 4.89. The molecule has 16 heavy (non-hydrogen) atoms. The first-order valence-electron chi connectivity index (χ1n) is 6.20. The van der Waals surface area contributed by atoms with Crippen molar-refractivity contribution in [3.05, 3.63) is 11.3 Å². The molecule has 92 valence electrons. The van der Waals surface area contributed by atoms with Gasteiger partial charge in [-0.2, -0.15) is 0 Å². The minimum absolute atomic E-state index is 0.0418. The van der Waals surface area contributed by atoms with Crippen molar-refractivity contribution in [2.45, 2.75) is 65.8 Å². The van der Waals surface area contributed by atoms with Crippen molar-refractivity contribution >= 4 is 0 Å². The molecule has 1 heterocycles. The lowest BCUT2D eigenvalue weighted by molar-refractivity contribution is 0.419. The molecule has 3 heteroatoms. The first kappa shape index (κ1) is 13.1. The van der Waals surface area contributed by atoms with E-state index in [0.29, 0.717) is 0 Å². The molecule has 0 saturated carbocycles. The van der Waals surface area contributed by atoms with Gasteiger partial charge in [0.05, 0.1) is 0 Å². The van der Waals surface area contributed by atoms with E-state index in [-0.39, 0.29) is 11.3 Å². The SMILES string of the molecule is CCCCn1nc(O)c(C(C)(C)C)c1CC. The quantitative estimate of drug-likeness (QED) is 0.852. The summed E-state index contributed by atoms with van der Waals surface area (Å²) in [6.07, 6.45) is 3.18. The Labute approximate surface area is 98.5 Å². The Balaban J connectivity index is 3.13. The molecule has 0 atom stereocenters. The van der Waals surface area contributed by atoms with E-state index in [2.05, 4.69) is 39.7 Å². The molecule has 0 aliphatic rings. The van der Waals surface area contributed by atoms with Crippen molar-refractivity contribution in [2.75, 3.05) is 0 Å². The van der Waals surface area contributed by atoms with Gasteiger partial charge in [-0.1, -0.05) is 41.0 Å². The Morgan fingerprint density at radius 1 is 1.25 bits per heavy atom. The van der Waals surface area contributed by atoms with Crippen LogP contribution in [0.2, 0.25) is 0 Å². The Morgan fingerprint density at radius 2 is 1.88 bits per heavy atom. The highest BCUT2D eigenvalue weighted by atomic mass is 16.3. The molecule has 0 spiro atoms. The van der Waals surface area contributed by atoms with Crippen molar-refractivity contribution in [1.29, 1.82) is 0 Å². The Morgan fingerprint density at radius 3 is 2.31 bits per heavy atom. The average Bonchev–Trinajstić information content (AvgIpc) is 2.50. The van der Waals surface area contributed by atoms with Gasteiger partial charge in [-0.05, 0) is 18.3 Å². The zero-order chi connectivity index (χ0) is 12.3. The predicted octanol–water partition coefficient (Wildman–Crippen LogP) is 3.25. The summed E-state index contributed by atoms with van der Waals surface area (Å²) in [5, 5.41) is 14.2. The van der Waals surface area contributed by atoms with Crippen LogP contribution in [0.25, 0.3) is 0 Å². The van der Waals surface area contributed by atoms with E-state index in [9.17, 15) is 5.11 Å². The molecule has 1 N–H and O–H groups in total. The van der Waals surface area contributed by atoms with Crippen molar-refractivity contribution in [3.8, 4) is 5.88 Å². The lowest BCUT2D eigenvalue weighted by Gasteiger charge is -2.19. The minimum atomic E-state index is -0.0418. The number of aryl methyl sites for hydroxylation is 1. The van der Waals surface area contributed by atoms with Crippen molar-refractivity contribution in [1.82, 2.24) is 9.78 Å². The minimum Gasteiger partial charge on any atom is -0.492 e. The summed E-state index contributed by atoms with van der Waals surface area (Å²) >= 11 is 0. The Kier molecular flexibility index (Phi) is 4.00. The van der Waals surface area contributed by atoms with E-state index in [0.717, 1.165) is 31.4 Å². The van der Waals surface area contributed by atoms with Gasteiger partial charge in [0.2, 0.25) is 5.88 Å². The fourth-order valence-electron chi connectivity index (χ4n) is 2.10. The monoisotopic (exact) mass is 224 g/mol. The van der Waals surface area contributed by atoms with Crippen LogP contribution < -0.4 is 0 Å². The molecule has 0 radical (unpaired) electrons. The first-order chi connectivity index (χ1) is 7.41. The molecule has 0 aliphatic carbocycles. The molecule has 0 bridgehead atoms. The molecule has 1 rings (SSSR count). The van der Waals surface area contributed by atoms with Gasteiger partial charge in [0, 0.05) is 17.8 Å². The molecular weight excluding hydrogens is 200 g/mol. The fraction of sp³-hybridized carbons (Fsp3) is 0.769. The Bertz CT molecular complexity index is 348. The van der Waals surface area contributed by atoms with Crippen LogP contribution >= 0.6 is 0 Å². The number of nitrogens with zero attached hydrogens (tertiary/aromatic N) is 2. The van der Waals surface area contributed by atoms with Crippen LogP contribution in [0.15, 0.2) is 0 Å². The summed E-state index contributed by atoms with van der Waals surface area (Å²) in [5.41, 5.74) is 2.14. The largest absolute Gasteiger partial charge is 0.492 e. The number of rotatable bonds is 4. The van der Waals surface area contributed by atoms with Crippen LogP contribution in [0.3, 0.4) is 0 Å². The summed E-state index contributed by atoms with van der Waals surface area (Å²) in [5.74, 6) is 0.209. The maximum atomic E-state index is 9.95. The molecule has 3 nitrogen and oxygen atoms in total. The summed E-state index contributed by atoms with van der Waals surface area (Å²) in [6.45, 7) is 11.5. The highest BCUT2D eigenvalue weighted by molar-refractivity contribution is 5.36. The number of hydrogen-bond acceptors (Lipinski definition) is 2. The third-order valence-electron chi connectivity index (χ3n) is 2.85. The summed E-state index contributed by atoms with van der Waals surface area (Å²) in [7, 11) is 0. The van der Waals surface area contributed by atoms with Gasteiger partial charge in [-0.25, -0.2) is 0 Å². The molecule has 0 unspecified atom stereocenters. The normalized spacial score (nSPS) is 12.1. The number of aromatic hydroxyl groups is 1. The molecule has 1 aromatic heterocycles. The second-order valence-corrected chi connectivity index (χ2v) is 5.33. The van der Waals surface area contributed by atoms with E-state index < -0.39 is 0 Å². The highest BCUT2D eigenvalue weighted by Crippen LogP contribution is 2.33. The zero-order valence-corrected chi connectivity index (χ0v) is 11.2. The van der Waals surface area contributed by atoms with Gasteiger partial charge in [0.25, 0.3) is 0 Å². The topological polar surface area (TPSA) is 38.0 Å². The summed E-state index contributed by atoms with van der Waals surface area (Å²) < 4.78 is 1.97.